The average Bonchev–Trinajstić information content (AvgIpc) is 2.33. The van der Waals surface area contributed by atoms with Crippen LogP contribution >= 0.6 is 50.1 Å². The number of halogens is 4. The Bertz CT molecular complexity index is 630. The normalized spacial score (nSPS) is 10.4. The standard InChI is InChI=1S/C13H6BrClFIO/c14-9-6-11(16)8(5-10(9)15)13(18)7-3-1-2-4-12(7)17/h1-6H. The summed E-state index contributed by atoms with van der Waals surface area (Å²) in [5.41, 5.74) is 0.447. The predicted octanol–water partition coefficient (Wildman–Crippen LogP) is 5.08. The molecule has 0 atom stereocenters. The maximum Gasteiger partial charge on any atom is 0.197 e. The van der Waals surface area contributed by atoms with Gasteiger partial charge in [-0.25, -0.2) is 4.39 Å². The molecule has 0 bridgehead atoms. The van der Waals surface area contributed by atoms with E-state index in [2.05, 4.69) is 15.9 Å². The zero-order chi connectivity index (χ0) is 13.3. The second-order valence-electron chi connectivity index (χ2n) is 3.56. The van der Waals surface area contributed by atoms with E-state index >= 15 is 0 Å². The molecule has 0 N–H and O–H groups in total. The number of rotatable bonds is 2. The van der Waals surface area contributed by atoms with E-state index in [9.17, 15) is 9.18 Å². The van der Waals surface area contributed by atoms with Gasteiger partial charge in [-0.2, -0.15) is 0 Å². The first-order valence-corrected chi connectivity index (χ1v) is 7.19. The third kappa shape index (κ3) is 2.75. The highest BCUT2D eigenvalue weighted by Gasteiger charge is 2.17. The van der Waals surface area contributed by atoms with Gasteiger partial charge in [0.15, 0.2) is 5.78 Å². The zero-order valence-corrected chi connectivity index (χ0v) is 13.4. The van der Waals surface area contributed by atoms with Crippen LogP contribution in [0.3, 0.4) is 0 Å². The third-order valence-corrected chi connectivity index (χ3v) is 4.51. The largest absolute Gasteiger partial charge is 0.288 e. The molecule has 0 aromatic heterocycles. The van der Waals surface area contributed by atoms with E-state index in [1.807, 2.05) is 28.7 Å². The van der Waals surface area contributed by atoms with Crippen molar-refractivity contribution in [2.75, 3.05) is 0 Å². The summed E-state index contributed by atoms with van der Waals surface area (Å²) in [6, 6.07) is 9.57. The van der Waals surface area contributed by atoms with Gasteiger partial charge < -0.3 is 0 Å². The molecule has 0 saturated carbocycles. The molecule has 18 heavy (non-hydrogen) atoms. The summed E-state index contributed by atoms with van der Waals surface area (Å²) >= 11 is 11.0. The van der Waals surface area contributed by atoms with Gasteiger partial charge >= 0.3 is 0 Å². The van der Waals surface area contributed by atoms with Crippen molar-refractivity contribution in [3.8, 4) is 0 Å². The molecule has 0 saturated heterocycles. The fraction of sp³-hybridized carbons (Fsp3) is 0. The van der Waals surface area contributed by atoms with Crippen molar-refractivity contribution in [1.29, 1.82) is 0 Å². The van der Waals surface area contributed by atoms with Crippen LogP contribution < -0.4 is 0 Å². The smallest absolute Gasteiger partial charge is 0.197 e. The van der Waals surface area contributed by atoms with Crippen LogP contribution in [-0.4, -0.2) is 5.78 Å². The van der Waals surface area contributed by atoms with Crippen molar-refractivity contribution in [2.45, 2.75) is 0 Å². The van der Waals surface area contributed by atoms with Crippen molar-refractivity contribution >= 4 is 55.9 Å². The molecule has 1 nitrogen and oxygen atoms in total. The van der Waals surface area contributed by atoms with Gasteiger partial charge in [0, 0.05) is 13.6 Å². The van der Waals surface area contributed by atoms with Crippen molar-refractivity contribution in [3.05, 3.63) is 66.4 Å². The Balaban J connectivity index is 2.53. The van der Waals surface area contributed by atoms with Gasteiger partial charge in [0.05, 0.1) is 10.6 Å². The van der Waals surface area contributed by atoms with Crippen LogP contribution in [0.1, 0.15) is 15.9 Å². The van der Waals surface area contributed by atoms with E-state index in [1.54, 1.807) is 18.2 Å². The number of ketones is 1. The number of carbonyl (C=O) groups is 1. The van der Waals surface area contributed by atoms with Crippen LogP contribution in [0.5, 0.6) is 0 Å². The molecule has 0 fully saturated rings. The van der Waals surface area contributed by atoms with Crippen molar-refractivity contribution < 1.29 is 9.18 Å². The summed E-state index contributed by atoms with van der Waals surface area (Å²) in [6.07, 6.45) is 0. The number of hydrogen-bond donors (Lipinski definition) is 0. The highest BCUT2D eigenvalue weighted by Crippen LogP contribution is 2.27. The van der Waals surface area contributed by atoms with E-state index in [4.69, 9.17) is 11.6 Å². The van der Waals surface area contributed by atoms with Gasteiger partial charge in [-0.05, 0) is 62.8 Å². The molecule has 0 heterocycles. The molecule has 0 aliphatic carbocycles. The van der Waals surface area contributed by atoms with Crippen LogP contribution in [0.15, 0.2) is 40.9 Å². The van der Waals surface area contributed by atoms with Gasteiger partial charge in [-0.1, -0.05) is 23.7 Å². The lowest BCUT2D eigenvalue weighted by Gasteiger charge is -2.06. The molecule has 0 aliphatic heterocycles. The maximum atomic E-state index is 13.8. The van der Waals surface area contributed by atoms with E-state index in [0.29, 0.717) is 15.1 Å². The average molecular weight is 439 g/mol. The Labute approximate surface area is 131 Å². The fourth-order valence-electron chi connectivity index (χ4n) is 1.49. The molecular formula is C13H6BrClFIO. The lowest BCUT2D eigenvalue weighted by Crippen LogP contribution is -2.06. The molecule has 92 valence electrons. The molecule has 2 aromatic rings. The van der Waals surface area contributed by atoms with Crippen molar-refractivity contribution in [1.82, 2.24) is 0 Å². The number of carbonyl (C=O) groups excluding carboxylic acids is 1. The summed E-state index contributed by atoms with van der Waals surface area (Å²) < 4.78 is 15.0. The van der Waals surface area contributed by atoms with E-state index in [0.717, 1.165) is 3.57 Å². The Kier molecular flexibility index (Phi) is 4.40. The first-order chi connectivity index (χ1) is 8.50. The lowest BCUT2D eigenvalue weighted by atomic mass is 10.0. The zero-order valence-electron chi connectivity index (χ0n) is 8.88. The SMILES string of the molecule is O=C(c1cc(Cl)c(Br)cc1F)c1ccccc1I. The van der Waals surface area contributed by atoms with Crippen LogP contribution in [0.25, 0.3) is 0 Å². The van der Waals surface area contributed by atoms with Gasteiger partial charge in [0.25, 0.3) is 0 Å². The first kappa shape index (κ1) is 14.0. The molecule has 5 heteroatoms. The molecule has 0 spiro atoms. The van der Waals surface area contributed by atoms with E-state index in [-0.39, 0.29) is 11.3 Å². The quantitative estimate of drug-likeness (QED) is 0.363. The summed E-state index contributed by atoms with van der Waals surface area (Å²) in [5.74, 6) is -0.956. The highest BCUT2D eigenvalue weighted by molar-refractivity contribution is 14.1. The minimum atomic E-state index is -0.587. The van der Waals surface area contributed by atoms with Crippen molar-refractivity contribution in [2.24, 2.45) is 0 Å². The van der Waals surface area contributed by atoms with Gasteiger partial charge in [-0.3, -0.25) is 4.79 Å². The van der Waals surface area contributed by atoms with Gasteiger partial charge in [0.1, 0.15) is 5.82 Å². The minimum absolute atomic E-state index is 0.0210. The second kappa shape index (κ2) is 5.67. The Morgan fingerprint density at radius 3 is 2.56 bits per heavy atom. The Hall–Kier alpha value is -0.460. The molecule has 0 unspecified atom stereocenters. The van der Waals surface area contributed by atoms with Crippen molar-refractivity contribution in [3.63, 3.8) is 0 Å². The third-order valence-electron chi connectivity index (χ3n) is 2.37. The van der Waals surface area contributed by atoms with Crippen LogP contribution in [0.2, 0.25) is 5.02 Å². The summed E-state index contributed by atoms with van der Waals surface area (Å²) in [5, 5.41) is 0.311. The molecule has 2 rings (SSSR count). The van der Waals surface area contributed by atoms with Gasteiger partial charge in [0.2, 0.25) is 0 Å². The fourth-order valence-corrected chi connectivity index (χ4v) is 2.60. The topological polar surface area (TPSA) is 17.1 Å². The van der Waals surface area contributed by atoms with E-state index < -0.39 is 5.82 Å². The minimum Gasteiger partial charge on any atom is -0.288 e. The molecule has 0 radical (unpaired) electrons. The van der Waals surface area contributed by atoms with Gasteiger partial charge in [-0.15, -0.1) is 0 Å². The number of benzene rings is 2. The highest BCUT2D eigenvalue weighted by atomic mass is 127. The monoisotopic (exact) mass is 438 g/mol. The predicted molar refractivity (Wildman–Crippen MR) is 81.7 cm³/mol. The second-order valence-corrected chi connectivity index (χ2v) is 5.98. The Morgan fingerprint density at radius 2 is 1.89 bits per heavy atom. The molecule has 0 aliphatic rings. The summed E-state index contributed by atoms with van der Waals surface area (Å²) in [7, 11) is 0. The lowest BCUT2D eigenvalue weighted by molar-refractivity contribution is 0.103. The summed E-state index contributed by atoms with van der Waals surface area (Å²) in [6.45, 7) is 0. The van der Waals surface area contributed by atoms with Crippen LogP contribution in [0, 0.1) is 9.39 Å². The summed E-state index contributed by atoms with van der Waals surface area (Å²) in [4.78, 5) is 12.2. The number of hydrogen-bond acceptors (Lipinski definition) is 1. The first-order valence-electron chi connectivity index (χ1n) is 4.94. The molecular weight excluding hydrogens is 433 g/mol. The van der Waals surface area contributed by atoms with E-state index in [1.165, 1.54) is 12.1 Å². The molecule has 2 aromatic carbocycles. The maximum absolute atomic E-state index is 13.8. The molecule has 0 amide bonds. The Morgan fingerprint density at radius 1 is 1.22 bits per heavy atom. The van der Waals surface area contributed by atoms with Crippen LogP contribution in [0.4, 0.5) is 4.39 Å². The van der Waals surface area contributed by atoms with Crippen LogP contribution in [-0.2, 0) is 0 Å².